The molecule has 4 heteroatoms. The Labute approximate surface area is 111 Å². The third-order valence-corrected chi connectivity index (χ3v) is 3.28. The van der Waals surface area contributed by atoms with E-state index in [2.05, 4.69) is 9.98 Å². The van der Waals surface area contributed by atoms with Crippen molar-refractivity contribution < 1.29 is 9.52 Å². The van der Waals surface area contributed by atoms with Gasteiger partial charge in [0.15, 0.2) is 5.69 Å². The molecular weight excluding hydrogens is 240 g/mol. The van der Waals surface area contributed by atoms with Crippen LogP contribution in [-0.2, 0) is 0 Å². The third-order valence-electron chi connectivity index (χ3n) is 3.28. The molecule has 1 aromatic heterocycles. The van der Waals surface area contributed by atoms with Crippen molar-refractivity contribution in [2.24, 2.45) is 4.99 Å². The standard InChI is InChI=1S/C15H16N2O2/c18-15-13(12-9-5-2-6-10-16-12)17-14(19-15)11-7-3-1-4-8-11/h1,3-4,7-8,18H,2,5-6,9-10H2. The first-order valence-electron chi connectivity index (χ1n) is 6.63. The number of hydrogen-bond donors (Lipinski definition) is 1. The van der Waals surface area contributed by atoms with Crippen LogP contribution in [0.1, 0.15) is 31.4 Å². The van der Waals surface area contributed by atoms with Crippen molar-refractivity contribution in [3.8, 4) is 17.4 Å². The topological polar surface area (TPSA) is 58.6 Å². The molecule has 0 saturated heterocycles. The zero-order valence-electron chi connectivity index (χ0n) is 10.7. The zero-order chi connectivity index (χ0) is 13.1. The molecule has 0 atom stereocenters. The predicted octanol–water partition coefficient (Wildman–Crippen LogP) is 3.41. The fraction of sp³-hybridized carbons (Fsp3) is 0.333. The average molecular weight is 256 g/mol. The van der Waals surface area contributed by atoms with Gasteiger partial charge in [0.1, 0.15) is 0 Å². The molecule has 4 nitrogen and oxygen atoms in total. The molecule has 2 heterocycles. The second-order valence-electron chi connectivity index (χ2n) is 4.68. The van der Waals surface area contributed by atoms with Crippen molar-refractivity contribution in [2.75, 3.05) is 6.54 Å². The van der Waals surface area contributed by atoms with E-state index in [9.17, 15) is 5.11 Å². The van der Waals surface area contributed by atoms with Gasteiger partial charge in [0.2, 0.25) is 5.89 Å². The van der Waals surface area contributed by atoms with E-state index in [0.717, 1.165) is 37.1 Å². The number of rotatable bonds is 2. The normalized spacial score (nSPS) is 15.9. The van der Waals surface area contributed by atoms with Gasteiger partial charge in [-0.1, -0.05) is 24.6 Å². The van der Waals surface area contributed by atoms with Crippen LogP contribution in [0.2, 0.25) is 0 Å². The maximum atomic E-state index is 9.93. The van der Waals surface area contributed by atoms with Gasteiger partial charge < -0.3 is 9.52 Å². The summed E-state index contributed by atoms with van der Waals surface area (Å²) in [7, 11) is 0. The number of nitrogens with zero attached hydrogens (tertiary/aromatic N) is 2. The molecule has 98 valence electrons. The number of benzene rings is 1. The summed E-state index contributed by atoms with van der Waals surface area (Å²) in [6.07, 6.45) is 4.23. The lowest BCUT2D eigenvalue weighted by Gasteiger charge is -1.98. The van der Waals surface area contributed by atoms with Gasteiger partial charge in [-0.25, -0.2) is 4.98 Å². The Morgan fingerprint density at radius 3 is 2.74 bits per heavy atom. The predicted molar refractivity (Wildman–Crippen MR) is 73.5 cm³/mol. The van der Waals surface area contributed by atoms with E-state index in [-0.39, 0.29) is 5.95 Å². The first-order valence-corrected chi connectivity index (χ1v) is 6.63. The van der Waals surface area contributed by atoms with Crippen LogP contribution in [-0.4, -0.2) is 22.3 Å². The molecule has 2 aromatic rings. The summed E-state index contributed by atoms with van der Waals surface area (Å²) < 4.78 is 5.36. The fourth-order valence-electron chi connectivity index (χ4n) is 2.27. The van der Waals surface area contributed by atoms with E-state index in [0.29, 0.717) is 11.6 Å². The monoisotopic (exact) mass is 256 g/mol. The first kappa shape index (κ1) is 12.0. The van der Waals surface area contributed by atoms with E-state index in [1.807, 2.05) is 30.3 Å². The van der Waals surface area contributed by atoms with Crippen molar-refractivity contribution >= 4 is 5.71 Å². The summed E-state index contributed by atoms with van der Waals surface area (Å²) in [5.74, 6) is 0.319. The average Bonchev–Trinajstić information content (AvgIpc) is 2.66. The quantitative estimate of drug-likeness (QED) is 0.895. The van der Waals surface area contributed by atoms with Crippen LogP contribution in [0.3, 0.4) is 0 Å². The summed E-state index contributed by atoms with van der Waals surface area (Å²) in [4.78, 5) is 8.89. The minimum absolute atomic E-state index is 0.125. The maximum Gasteiger partial charge on any atom is 0.312 e. The number of aromatic hydroxyl groups is 1. The maximum absolute atomic E-state index is 9.93. The summed E-state index contributed by atoms with van der Waals surface area (Å²) in [6, 6.07) is 9.58. The molecule has 0 bridgehead atoms. The highest BCUT2D eigenvalue weighted by molar-refractivity contribution is 6.01. The molecule has 0 radical (unpaired) electrons. The van der Waals surface area contributed by atoms with Gasteiger partial charge in [-0.3, -0.25) is 4.99 Å². The molecule has 0 amide bonds. The highest BCUT2D eigenvalue weighted by atomic mass is 16.5. The Balaban J connectivity index is 1.95. The van der Waals surface area contributed by atoms with E-state index < -0.39 is 0 Å². The Bertz CT molecular complexity index is 587. The molecule has 0 aliphatic carbocycles. The van der Waals surface area contributed by atoms with E-state index in [1.54, 1.807) is 0 Å². The van der Waals surface area contributed by atoms with E-state index in [4.69, 9.17) is 4.42 Å². The van der Waals surface area contributed by atoms with Crippen molar-refractivity contribution in [1.82, 2.24) is 4.98 Å². The fourth-order valence-corrected chi connectivity index (χ4v) is 2.27. The number of oxazole rings is 1. The summed E-state index contributed by atoms with van der Waals surface area (Å²) >= 11 is 0. The van der Waals surface area contributed by atoms with Crippen molar-refractivity contribution in [3.05, 3.63) is 36.0 Å². The Hall–Kier alpha value is -2.10. The highest BCUT2D eigenvalue weighted by Gasteiger charge is 2.19. The minimum atomic E-state index is -0.125. The van der Waals surface area contributed by atoms with Crippen LogP contribution >= 0.6 is 0 Å². The number of aromatic nitrogens is 1. The number of aliphatic imine (C=N–C) groups is 1. The van der Waals surface area contributed by atoms with Crippen LogP contribution in [0.25, 0.3) is 11.5 Å². The van der Waals surface area contributed by atoms with Gasteiger partial charge in [-0.05, 0) is 31.4 Å². The van der Waals surface area contributed by atoms with Crippen molar-refractivity contribution in [1.29, 1.82) is 0 Å². The molecule has 0 unspecified atom stereocenters. The second kappa shape index (κ2) is 5.26. The molecule has 1 aliphatic heterocycles. The summed E-state index contributed by atoms with van der Waals surface area (Å²) in [6.45, 7) is 0.808. The van der Waals surface area contributed by atoms with Gasteiger partial charge in [-0.15, -0.1) is 0 Å². The molecule has 19 heavy (non-hydrogen) atoms. The highest BCUT2D eigenvalue weighted by Crippen LogP contribution is 2.28. The van der Waals surface area contributed by atoms with Crippen LogP contribution in [0.4, 0.5) is 0 Å². The third kappa shape index (κ3) is 2.52. The Kier molecular flexibility index (Phi) is 3.31. The first-order chi connectivity index (χ1) is 9.34. The molecule has 0 saturated carbocycles. The molecule has 0 fully saturated rings. The van der Waals surface area contributed by atoms with Gasteiger partial charge in [0.05, 0.1) is 5.71 Å². The zero-order valence-corrected chi connectivity index (χ0v) is 10.7. The second-order valence-corrected chi connectivity index (χ2v) is 4.68. The van der Waals surface area contributed by atoms with Crippen molar-refractivity contribution in [3.63, 3.8) is 0 Å². The van der Waals surface area contributed by atoms with Gasteiger partial charge in [0, 0.05) is 12.1 Å². The Morgan fingerprint density at radius 1 is 1.05 bits per heavy atom. The minimum Gasteiger partial charge on any atom is -0.479 e. The lowest BCUT2D eigenvalue weighted by molar-refractivity contribution is 0.336. The van der Waals surface area contributed by atoms with E-state index >= 15 is 0 Å². The van der Waals surface area contributed by atoms with Gasteiger partial charge in [0.25, 0.3) is 0 Å². The molecule has 1 aromatic carbocycles. The molecule has 3 rings (SSSR count). The smallest absolute Gasteiger partial charge is 0.312 e. The summed E-state index contributed by atoms with van der Waals surface area (Å²) in [5, 5.41) is 9.93. The van der Waals surface area contributed by atoms with Crippen LogP contribution in [0.15, 0.2) is 39.7 Å². The van der Waals surface area contributed by atoms with Crippen molar-refractivity contribution in [2.45, 2.75) is 25.7 Å². The van der Waals surface area contributed by atoms with Crippen LogP contribution in [0, 0.1) is 0 Å². The lowest BCUT2D eigenvalue weighted by Crippen LogP contribution is -2.01. The summed E-state index contributed by atoms with van der Waals surface area (Å²) in [5.41, 5.74) is 2.22. The molecule has 0 spiro atoms. The largest absolute Gasteiger partial charge is 0.479 e. The molecule has 1 aliphatic rings. The Morgan fingerprint density at radius 2 is 1.89 bits per heavy atom. The number of hydrogen-bond acceptors (Lipinski definition) is 4. The van der Waals surface area contributed by atoms with Gasteiger partial charge in [-0.2, -0.15) is 0 Å². The van der Waals surface area contributed by atoms with E-state index in [1.165, 1.54) is 6.42 Å². The molecular formula is C15H16N2O2. The lowest BCUT2D eigenvalue weighted by atomic mass is 10.1. The van der Waals surface area contributed by atoms with Crippen LogP contribution in [0.5, 0.6) is 5.95 Å². The molecule has 1 N–H and O–H groups in total. The SMILES string of the molecule is Oc1oc(-c2ccccc2)nc1C1=NCCCCC1. The van der Waals surface area contributed by atoms with Crippen LogP contribution < -0.4 is 0 Å². The van der Waals surface area contributed by atoms with Gasteiger partial charge >= 0.3 is 5.95 Å².